The van der Waals surface area contributed by atoms with Gasteiger partial charge in [-0.25, -0.2) is 9.78 Å². The molecule has 1 saturated heterocycles. The van der Waals surface area contributed by atoms with E-state index in [2.05, 4.69) is 25.8 Å². The van der Waals surface area contributed by atoms with Crippen LogP contribution in [0.25, 0.3) is 11.0 Å². The first-order valence-corrected chi connectivity index (χ1v) is 12.7. The van der Waals surface area contributed by atoms with Crippen molar-refractivity contribution < 1.29 is 14.1 Å². The molecule has 1 aliphatic carbocycles. The lowest BCUT2D eigenvalue weighted by atomic mass is 9.77. The quantitative estimate of drug-likeness (QED) is 0.498. The molecule has 2 atom stereocenters. The molecule has 0 N–H and O–H groups in total. The molecule has 1 aromatic carbocycles. The van der Waals surface area contributed by atoms with Crippen LogP contribution >= 0.6 is 0 Å². The van der Waals surface area contributed by atoms with E-state index < -0.39 is 11.0 Å². The number of carbonyl (C=O) groups is 1. The fourth-order valence-electron chi connectivity index (χ4n) is 5.55. The number of imidazole rings is 1. The first kappa shape index (κ1) is 24.3. The monoisotopic (exact) mass is 490 g/mol. The van der Waals surface area contributed by atoms with Crippen LogP contribution < -0.4 is 0 Å². The van der Waals surface area contributed by atoms with Gasteiger partial charge in [-0.05, 0) is 63.6 Å². The Balaban J connectivity index is 1.28. The molecule has 9 heteroatoms. The minimum Gasteiger partial charge on any atom is -0.441 e. The van der Waals surface area contributed by atoms with E-state index in [1.807, 2.05) is 53.1 Å². The van der Waals surface area contributed by atoms with Crippen molar-refractivity contribution >= 4 is 17.1 Å². The molecule has 36 heavy (non-hydrogen) atoms. The summed E-state index contributed by atoms with van der Waals surface area (Å²) >= 11 is 0. The summed E-state index contributed by atoms with van der Waals surface area (Å²) < 4.78 is 13.8. The summed E-state index contributed by atoms with van der Waals surface area (Å²) in [5, 5.41) is 13.4. The van der Waals surface area contributed by atoms with Crippen LogP contribution in [0.3, 0.4) is 0 Å². The number of hydrogen-bond acceptors (Lipinski definition) is 7. The molecule has 2 aliphatic rings. The predicted molar refractivity (Wildman–Crippen MR) is 133 cm³/mol. The predicted octanol–water partition coefficient (Wildman–Crippen LogP) is 4.95. The second kappa shape index (κ2) is 8.61. The van der Waals surface area contributed by atoms with Gasteiger partial charge >= 0.3 is 6.09 Å². The third-order valence-corrected chi connectivity index (χ3v) is 7.41. The van der Waals surface area contributed by atoms with Gasteiger partial charge in [0, 0.05) is 18.5 Å². The second-order valence-corrected chi connectivity index (χ2v) is 12.1. The molecule has 0 radical (unpaired) electrons. The summed E-state index contributed by atoms with van der Waals surface area (Å²) in [4.78, 5) is 23.9. The molecule has 190 valence electrons. The maximum absolute atomic E-state index is 13.0. The summed E-state index contributed by atoms with van der Waals surface area (Å²) in [5.74, 6) is 1.55. The average molecular weight is 491 g/mol. The van der Waals surface area contributed by atoms with E-state index in [4.69, 9.17) is 9.26 Å². The van der Waals surface area contributed by atoms with Gasteiger partial charge in [0.1, 0.15) is 5.60 Å². The number of aromatic nitrogens is 4. The Bertz CT molecular complexity index is 1330. The largest absolute Gasteiger partial charge is 0.441 e. The minimum atomic E-state index is -0.497. The molecule has 0 bridgehead atoms. The van der Waals surface area contributed by atoms with Crippen molar-refractivity contribution in [1.29, 1.82) is 5.26 Å². The third-order valence-electron chi connectivity index (χ3n) is 7.41. The topological polar surface area (TPSA) is 110 Å². The Hall–Kier alpha value is -3.41. The molecule has 0 unspecified atom stereocenters. The number of carbonyl (C=O) groups excluding carboxylic acids is 1. The van der Waals surface area contributed by atoms with Crippen LogP contribution in [0.4, 0.5) is 4.79 Å². The van der Waals surface area contributed by atoms with Crippen LogP contribution in [0.2, 0.25) is 0 Å². The van der Waals surface area contributed by atoms with Crippen LogP contribution in [-0.4, -0.2) is 49.4 Å². The third kappa shape index (κ3) is 4.57. The number of benzene rings is 1. The molecular weight excluding hydrogens is 456 g/mol. The van der Waals surface area contributed by atoms with Gasteiger partial charge < -0.3 is 18.7 Å². The number of nitrogens with zero attached hydrogens (tertiary/aromatic N) is 6. The lowest BCUT2D eigenvalue weighted by molar-refractivity contribution is 0.00413. The van der Waals surface area contributed by atoms with Crippen LogP contribution in [0.15, 0.2) is 29.0 Å². The highest BCUT2D eigenvalue weighted by molar-refractivity contribution is 5.77. The summed E-state index contributed by atoms with van der Waals surface area (Å²) in [6.07, 6.45) is 5.32. The Kier molecular flexibility index (Phi) is 5.81. The molecule has 1 aliphatic heterocycles. The van der Waals surface area contributed by atoms with Crippen molar-refractivity contribution in [3.05, 3.63) is 41.8 Å². The van der Waals surface area contributed by atoms with Crippen LogP contribution in [0.5, 0.6) is 0 Å². The zero-order valence-corrected chi connectivity index (χ0v) is 21.7. The highest BCUT2D eigenvalue weighted by Crippen LogP contribution is 2.41. The van der Waals surface area contributed by atoms with E-state index in [0.717, 1.165) is 43.3 Å². The molecule has 2 fully saturated rings. The molecular formula is C27H34N6O3. The molecule has 1 spiro atoms. The van der Waals surface area contributed by atoms with Gasteiger partial charge in [0.15, 0.2) is 5.82 Å². The van der Waals surface area contributed by atoms with Crippen LogP contribution in [0, 0.1) is 17.2 Å². The highest BCUT2D eigenvalue weighted by atomic mass is 16.6. The number of amides is 1. The standard InChI is InChI=1S/C27H34N6O3/c1-25(2,3)22-30-23(36-31-22)26(4,5)15-33-16-27(35-24(33)34)10-6-7-19(12-27)14-32-17-29-20-9-8-18(13-28)11-21(20)32/h8-9,11,17,19H,6-7,10,12,14-16H2,1-5H3/t19-,27-/m0/s1. The fraction of sp³-hybridized carbons (Fsp3) is 0.593. The second-order valence-electron chi connectivity index (χ2n) is 12.1. The van der Waals surface area contributed by atoms with Gasteiger partial charge in [0.25, 0.3) is 0 Å². The first-order chi connectivity index (χ1) is 17.0. The van der Waals surface area contributed by atoms with Crippen LogP contribution in [0.1, 0.15) is 77.6 Å². The Morgan fingerprint density at radius 3 is 2.78 bits per heavy atom. The van der Waals surface area contributed by atoms with E-state index in [9.17, 15) is 10.1 Å². The van der Waals surface area contributed by atoms with Gasteiger partial charge in [-0.1, -0.05) is 25.9 Å². The van der Waals surface area contributed by atoms with E-state index in [-0.39, 0.29) is 11.5 Å². The summed E-state index contributed by atoms with van der Waals surface area (Å²) in [6, 6.07) is 7.78. The van der Waals surface area contributed by atoms with Crippen molar-refractivity contribution in [3.8, 4) is 6.07 Å². The molecule has 1 amide bonds. The van der Waals surface area contributed by atoms with Crippen molar-refractivity contribution in [3.63, 3.8) is 0 Å². The van der Waals surface area contributed by atoms with Crippen molar-refractivity contribution in [2.75, 3.05) is 13.1 Å². The summed E-state index contributed by atoms with van der Waals surface area (Å²) in [7, 11) is 0. The number of fused-ring (bicyclic) bond motifs is 1. The van der Waals surface area contributed by atoms with Gasteiger partial charge in [-0.15, -0.1) is 0 Å². The van der Waals surface area contributed by atoms with Gasteiger partial charge in [0.05, 0.1) is 41.0 Å². The van der Waals surface area contributed by atoms with Gasteiger partial charge in [-0.3, -0.25) is 0 Å². The average Bonchev–Trinajstić information content (AvgIpc) is 3.52. The number of ether oxygens (including phenoxy) is 1. The molecule has 3 aromatic rings. The normalized spacial score (nSPS) is 22.8. The SMILES string of the molecule is CC(C)(C)c1noc(C(C)(C)CN2C[C@@]3(CCC[C@H](Cn4cnc5ccc(C#N)cc54)C3)OC2=O)n1. The summed E-state index contributed by atoms with van der Waals surface area (Å²) in [6.45, 7) is 12.0. The number of hydrogen-bond donors (Lipinski definition) is 0. The van der Waals surface area contributed by atoms with Crippen molar-refractivity contribution in [1.82, 2.24) is 24.6 Å². The zero-order chi connectivity index (χ0) is 25.7. The van der Waals surface area contributed by atoms with Gasteiger partial charge in [0.2, 0.25) is 5.89 Å². The van der Waals surface area contributed by atoms with E-state index in [1.54, 1.807) is 11.0 Å². The smallest absolute Gasteiger partial charge is 0.410 e. The van der Waals surface area contributed by atoms with Gasteiger partial charge in [-0.2, -0.15) is 10.2 Å². The molecule has 1 saturated carbocycles. The van der Waals surface area contributed by atoms with Crippen LogP contribution in [-0.2, 0) is 22.1 Å². The maximum atomic E-state index is 13.0. The number of nitriles is 1. The first-order valence-electron chi connectivity index (χ1n) is 12.7. The Morgan fingerprint density at radius 1 is 1.25 bits per heavy atom. The molecule has 3 heterocycles. The lowest BCUT2D eigenvalue weighted by Gasteiger charge is -2.36. The summed E-state index contributed by atoms with van der Waals surface area (Å²) in [5.41, 5.74) is 1.30. The molecule has 2 aromatic heterocycles. The minimum absolute atomic E-state index is 0.206. The Labute approximate surface area is 211 Å². The molecule has 5 rings (SSSR count). The fourth-order valence-corrected chi connectivity index (χ4v) is 5.55. The number of rotatable bonds is 5. The van der Waals surface area contributed by atoms with E-state index in [1.165, 1.54) is 0 Å². The van der Waals surface area contributed by atoms with E-state index in [0.29, 0.717) is 36.3 Å². The van der Waals surface area contributed by atoms with Crippen molar-refractivity contribution in [2.24, 2.45) is 5.92 Å². The van der Waals surface area contributed by atoms with E-state index >= 15 is 0 Å². The molecule has 9 nitrogen and oxygen atoms in total. The zero-order valence-electron chi connectivity index (χ0n) is 21.7. The maximum Gasteiger partial charge on any atom is 0.410 e. The lowest BCUT2D eigenvalue weighted by Crippen LogP contribution is -2.43. The van der Waals surface area contributed by atoms with Crippen molar-refractivity contribution in [2.45, 2.75) is 83.3 Å². The highest BCUT2D eigenvalue weighted by Gasteiger charge is 2.49. The Morgan fingerprint density at radius 2 is 2.06 bits per heavy atom.